The quantitative estimate of drug-likeness (QED) is 0.537. The second kappa shape index (κ2) is 6.63. The summed E-state index contributed by atoms with van der Waals surface area (Å²) in [5.74, 6) is 2.45. The van der Waals surface area contributed by atoms with E-state index in [0.717, 1.165) is 46.6 Å². The predicted octanol–water partition coefficient (Wildman–Crippen LogP) is 3.15. The molecule has 1 fully saturated rings. The summed E-state index contributed by atoms with van der Waals surface area (Å²) in [7, 11) is 1.62. The van der Waals surface area contributed by atoms with Gasteiger partial charge < -0.3 is 15.6 Å². The predicted molar refractivity (Wildman–Crippen MR) is 113 cm³/mol. The molecule has 0 saturated heterocycles. The van der Waals surface area contributed by atoms with E-state index in [1.165, 1.54) is 0 Å². The molecule has 3 aromatic heterocycles. The van der Waals surface area contributed by atoms with Crippen LogP contribution in [0.3, 0.4) is 0 Å². The van der Waals surface area contributed by atoms with Gasteiger partial charge in [0.25, 0.3) is 0 Å². The van der Waals surface area contributed by atoms with Crippen LogP contribution in [-0.2, 0) is 5.60 Å². The standard InChI is InChI=1S/C22H24N6O2/c1-22(2,29)14-4-7-17(24-11-14)12-8-13(9-12)19-26-20-16-6-5-15(30-3)10-18(16)25-21(23)28(20)27-19/h4-7,10-13,29H,8-9H2,1-3H3,(H2,23,25). The van der Waals surface area contributed by atoms with Gasteiger partial charge in [0.05, 0.1) is 18.2 Å². The van der Waals surface area contributed by atoms with E-state index in [9.17, 15) is 5.11 Å². The van der Waals surface area contributed by atoms with Crippen molar-refractivity contribution in [2.24, 2.45) is 0 Å². The molecule has 0 unspecified atom stereocenters. The Morgan fingerprint density at radius 1 is 1.13 bits per heavy atom. The molecule has 8 nitrogen and oxygen atoms in total. The van der Waals surface area contributed by atoms with Crippen LogP contribution in [0.25, 0.3) is 16.6 Å². The van der Waals surface area contributed by atoms with Crippen LogP contribution in [0.5, 0.6) is 5.75 Å². The molecule has 1 aromatic carbocycles. The van der Waals surface area contributed by atoms with Crippen LogP contribution in [0.1, 0.15) is 55.6 Å². The molecule has 3 N–H and O–H groups in total. The molecule has 5 rings (SSSR count). The number of anilines is 1. The summed E-state index contributed by atoms with van der Waals surface area (Å²) in [6, 6.07) is 9.63. The molecular formula is C22H24N6O2. The maximum atomic E-state index is 10.1. The number of methoxy groups -OCH3 is 1. The van der Waals surface area contributed by atoms with Crippen molar-refractivity contribution >= 4 is 22.5 Å². The summed E-state index contributed by atoms with van der Waals surface area (Å²) in [6.07, 6.45) is 3.63. The normalized spacial score (nSPS) is 19.2. The topological polar surface area (TPSA) is 111 Å². The molecule has 4 aromatic rings. The lowest BCUT2D eigenvalue weighted by Crippen LogP contribution is -2.23. The van der Waals surface area contributed by atoms with Gasteiger partial charge in [-0.2, -0.15) is 4.52 Å². The number of ether oxygens (including phenoxy) is 1. The summed E-state index contributed by atoms with van der Waals surface area (Å²) in [5.41, 5.74) is 8.56. The maximum Gasteiger partial charge on any atom is 0.223 e. The molecule has 0 amide bonds. The number of benzene rings is 1. The van der Waals surface area contributed by atoms with Crippen LogP contribution in [-0.4, -0.2) is 36.8 Å². The summed E-state index contributed by atoms with van der Waals surface area (Å²) in [4.78, 5) is 13.8. The first-order valence-electron chi connectivity index (χ1n) is 10.0. The number of hydrogen-bond acceptors (Lipinski definition) is 7. The van der Waals surface area contributed by atoms with Crippen molar-refractivity contribution in [2.75, 3.05) is 12.8 Å². The lowest BCUT2D eigenvalue weighted by Gasteiger charge is -2.33. The highest BCUT2D eigenvalue weighted by Crippen LogP contribution is 2.46. The molecule has 0 radical (unpaired) electrons. The molecule has 1 saturated carbocycles. The van der Waals surface area contributed by atoms with Crippen molar-refractivity contribution in [1.29, 1.82) is 0 Å². The van der Waals surface area contributed by atoms with Crippen LogP contribution >= 0.6 is 0 Å². The van der Waals surface area contributed by atoms with E-state index in [1.54, 1.807) is 31.7 Å². The number of aromatic nitrogens is 5. The fraction of sp³-hybridized carbons (Fsp3) is 0.364. The number of hydrogen-bond donors (Lipinski definition) is 2. The fourth-order valence-electron chi connectivity index (χ4n) is 4.00. The Labute approximate surface area is 173 Å². The van der Waals surface area contributed by atoms with Crippen molar-refractivity contribution in [3.63, 3.8) is 0 Å². The molecular weight excluding hydrogens is 380 g/mol. The van der Waals surface area contributed by atoms with Gasteiger partial charge in [0.1, 0.15) is 5.75 Å². The van der Waals surface area contributed by atoms with Crippen molar-refractivity contribution < 1.29 is 9.84 Å². The van der Waals surface area contributed by atoms with Gasteiger partial charge in [-0.25, -0.2) is 9.97 Å². The number of nitrogens with two attached hydrogens (primary N) is 1. The Hall–Kier alpha value is -3.26. The second-order valence-corrected chi connectivity index (χ2v) is 8.45. The Kier molecular flexibility index (Phi) is 4.14. The number of aliphatic hydroxyl groups is 1. The lowest BCUT2D eigenvalue weighted by atomic mass is 9.72. The first-order valence-corrected chi connectivity index (χ1v) is 10.0. The minimum Gasteiger partial charge on any atom is -0.497 e. The van der Waals surface area contributed by atoms with Crippen LogP contribution in [0.4, 0.5) is 5.95 Å². The molecule has 0 aliphatic heterocycles. The Morgan fingerprint density at radius 3 is 2.60 bits per heavy atom. The Balaban J connectivity index is 1.40. The number of nitrogen functional groups attached to an aromatic ring is 1. The van der Waals surface area contributed by atoms with Crippen molar-refractivity contribution in [1.82, 2.24) is 24.6 Å². The van der Waals surface area contributed by atoms with Gasteiger partial charge >= 0.3 is 0 Å². The van der Waals surface area contributed by atoms with E-state index in [-0.39, 0.29) is 5.92 Å². The first-order chi connectivity index (χ1) is 14.3. The molecule has 1 aliphatic rings. The van der Waals surface area contributed by atoms with E-state index >= 15 is 0 Å². The SMILES string of the molecule is COc1ccc2c(c1)nc(N)n1nc(C3CC(c4ccc(C(C)(C)O)cn4)C3)nc21. The van der Waals surface area contributed by atoms with Gasteiger partial charge in [-0.1, -0.05) is 6.07 Å². The van der Waals surface area contributed by atoms with Gasteiger partial charge in [-0.05, 0) is 44.9 Å². The number of fused-ring (bicyclic) bond motifs is 3. The third kappa shape index (κ3) is 3.04. The molecule has 154 valence electrons. The van der Waals surface area contributed by atoms with Gasteiger partial charge in [0, 0.05) is 40.7 Å². The second-order valence-electron chi connectivity index (χ2n) is 8.45. The average Bonchev–Trinajstić information content (AvgIpc) is 3.12. The van der Waals surface area contributed by atoms with E-state index in [4.69, 9.17) is 15.5 Å². The van der Waals surface area contributed by atoms with Crippen molar-refractivity contribution in [3.8, 4) is 5.75 Å². The number of rotatable bonds is 4. The summed E-state index contributed by atoms with van der Waals surface area (Å²) in [6.45, 7) is 3.52. The van der Waals surface area contributed by atoms with Gasteiger partial charge in [0.15, 0.2) is 11.5 Å². The van der Waals surface area contributed by atoms with E-state index in [1.807, 2.05) is 30.3 Å². The zero-order chi connectivity index (χ0) is 21.0. The van der Waals surface area contributed by atoms with Crippen molar-refractivity contribution in [3.05, 3.63) is 53.6 Å². The zero-order valence-electron chi connectivity index (χ0n) is 17.2. The minimum absolute atomic E-state index is 0.262. The number of pyridine rings is 1. The average molecular weight is 404 g/mol. The molecule has 0 bridgehead atoms. The molecule has 30 heavy (non-hydrogen) atoms. The third-order valence-corrected chi connectivity index (χ3v) is 5.94. The van der Waals surface area contributed by atoms with Crippen LogP contribution in [0.15, 0.2) is 36.5 Å². The first kappa shape index (κ1) is 18.7. The van der Waals surface area contributed by atoms with Gasteiger partial charge in [0.2, 0.25) is 5.95 Å². The summed E-state index contributed by atoms with van der Waals surface area (Å²) >= 11 is 0. The highest BCUT2D eigenvalue weighted by atomic mass is 16.5. The molecule has 0 atom stereocenters. The fourth-order valence-corrected chi connectivity index (χ4v) is 4.00. The van der Waals surface area contributed by atoms with Gasteiger partial charge in [-0.15, -0.1) is 5.10 Å². The third-order valence-electron chi connectivity index (χ3n) is 5.94. The largest absolute Gasteiger partial charge is 0.497 e. The van der Waals surface area contributed by atoms with Crippen LogP contribution < -0.4 is 10.5 Å². The molecule has 1 aliphatic carbocycles. The number of nitrogens with zero attached hydrogens (tertiary/aromatic N) is 5. The van der Waals surface area contributed by atoms with E-state index < -0.39 is 5.60 Å². The molecule has 8 heteroatoms. The van der Waals surface area contributed by atoms with Crippen LogP contribution in [0.2, 0.25) is 0 Å². The van der Waals surface area contributed by atoms with Crippen LogP contribution in [0, 0.1) is 0 Å². The van der Waals surface area contributed by atoms with Gasteiger partial charge in [-0.3, -0.25) is 4.98 Å². The maximum absolute atomic E-state index is 10.1. The molecule has 0 spiro atoms. The summed E-state index contributed by atoms with van der Waals surface area (Å²) < 4.78 is 6.90. The Bertz CT molecular complexity index is 1240. The van der Waals surface area contributed by atoms with Crippen molar-refractivity contribution in [2.45, 2.75) is 44.1 Å². The minimum atomic E-state index is -0.880. The zero-order valence-corrected chi connectivity index (χ0v) is 17.2. The molecule has 3 heterocycles. The Morgan fingerprint density at radius 2 is 1.93 bits per heavy atom. The monoisotopic (exact) mass is 404 g/mol. The van der Waals surface area contributed by atoms with E-state index in [0.29, 0.717) is 17.5 Å². The highest BCUT2D eigenvalue weighted by molar-refractivity contribution is 5.93. The lowest BCUT2D eigenvalue weighted by molar-refractivity contribution is 0.0781. The summed E-state index contributed by atoms with van der Waals surface area (Å²) in [5, 5.41) is 15.6. The smallest absolute Gasteiger partial charge is 0.223 e. The highest BCUT2D eigenvalue weighted by Gasteiger charge is 2.35. The van der Waals surface area contributed by atoms with E-state index in [2.05, 4.69) is 15.1 Å².